The second-order valence-corrected chi connectivity index (χ2v) is 4.83. The molecule has 0 spiro atoms. The third-order valence-electron chi connectivity index (χ3n) is 3.18. The average molecular weight is 250 g/mol. The van der Waals surface area contributed by atoms with E-state index in [1.165, 1.54) is 19.3 Å². The summed E-state index contributed by atoms with van der Waals surface area (Å²) < 4.78 is 5.74. The average Bonchev–Trinajstić information content (AvgIpc) is 2.40. The molecule has 2 rings (SSSR count). The fourth-order valence-corrected chi connectivity index (χ4v) is 2.21. The summed E-state index contributed by atoms with van der Waals surface area (Å²) in [7, 11) is 3.95. The summed E-state index contributed by atoms with van der Waals surface area (Å²) >= 11 is 0. The highest BCUT2D eigenvalue weighted by Crippen LogP contribution is 2.14. The van der Waals surface area contributed by atoms with Crippen molar-refractivity contribution in [3.05, 3.63) is 18.1 Å². The molecule has 0 aromatic carbocycles. The van der Waals surface area contributed by atoms with Gasteiger partial charge in [-0.1, -0.05) is 0 Å². The van der Waals surface area contributed by atoms with Gasteiger partial charge in [-0.2, -0.15) is 0 Å². The van der Waals surface area contributed by atoms with Gasteiger partial charge in [-0.25, -0.2) is 4.98 Å². The first-order valence-electron chi connectivity index (χ1n) is 6.57. The monoisotopic (exact) mass is 250 g/mol. The van der Waals surface area contributed by atoms with Crippen molar-refractivity contribution in [3.63, 3.8) is 0 Å². The second kappa shape index (κ2) is 6.66. The maximum Gasteiger partial charge on any atom is 0.144 e. The van der Waals surface area contributed by atoms with E-state index in [9.17, 15) is 0 Å². The minimum Gasteiger partial charge on any atom is -0.377 e. The van der Waals surface area contributed by atoms with Crippen LogP contribution in [0.1, 0.15) is 25.0 Å². The van der Waals surface area contributed by atoms with Gasteiger partial charge >= 0.3 is 0 Å². The zero-order valence-electron chi connectivity index (χ0n) is 11.2. The van der Waals surface area contributed by atoms with Gasteiger partial charge in [-0.15, -0.1) is 0 Å². The van der Waals surface area contributed by atoms with Crippen LogP contribution in [0.5, 0.6) is 0 Å². The van der Waals surface area contributed by atoms with Crippen LogP contribution in [0.3, 0.4) is 0 Å². The molecule has 100 valence electrons. The molecule has 18 heavy (non-hydrogen) atoms. The lowest BCUT2D eigenvalue weighted by Crippen LogP contribution is -2.33. The van der Waals surface area contributed by atoms with Crippen LogP contribution < -0.4 is 5.32 Å². The Hall–Kier alpha value is -1.20. The third kappa shape index (κ3) is 3.92. The van der Waals surface area contributed by atoms with E-state index in [0.717, 1.165) is 31.2 Å². The minimum atomic E-state index is 0.383. The number of nitrogens with zero attached hydrogens (tertiary/aromatic N) is 3. The summed E-state index contributed by atoms with van der Waals surface area (Å²) in [4.78, 5) is 10.9. The van der Waals surface area contributed by atoms with Crippen molar-refractivity contribution < 1.29 is 4.74 Å². The normalized spacial score (nSPS) is 20.1. The Labute approximate surface area is 109 Å². The minimum absolute atomic E-state index is 0.383. The number of hydrogen-bond acceptors (Lipinski definition) is 5. The molecule has 0 bridgehead atoms. The molecule has 1 aliphatic heterocycles. The number of hydrogen-bond donors (Lipinski definition) is 1. The van der Waals surface area contributed by atoms with Crippen LogP contribution in [-0.2, 0) is 11.3 Å². The molecule has 2 heterocycles. The summed E-state index contributed by atoms with van der Waals surface area (Å²) in [6.45, 7) is 2.70. The quantitative estimate of drug-likeness (QED) is 0.858. The van der Waals surface area contributed by atoms with Gasteiger partial charge in [0.25, 0.3) is 0 Å². The van der Waals surface area contributed by atoms with Gasteiger partial charge in [-0.3, -0.25) is 9.88 Å². The van der Waals surface area contributed by atoms with E-state index in [2.05, 4.69) is 27.2 Å². The fraction of sp³-hybridized carbons (Fsp3) is 0.692. The van der Waals surface area contributed by atoms with Gasteiger partial charge < -0.3 is 10.1 Å². The summed E-state index contributed by atoms with van der Waals surface area (Å²) in [6, 6.07) is 0. The van der Waals surface area contributed by atoms with E-state index < -0.39 is 0 Å². The van der Waals surface area contributed by atoms with Gasteiger partial charge in [0.15, 0.2) is 0 Å². The predicted molar refractivity (Wildman–Crippen MR) is 71.5 cm³/mol. The van der Waals surface area contributed by atoms with Crippen LogP contribution in [0, 0.1) is 0 Å². The fourth-order valence-electron chi connectivity index (χ4n) is 2.21. The Morgan fingerprint density at radius 1 is 1.39 bits per heavy atom. The molecule has 1 N–H and O–H groups in total. The van der Waals surface area contributed by atoms with Crippen molar-refractivity contribution in [3.8, 4) is 0 Å². The molecular formula is C13H22N4O. The van der Waals surface area contributed by atoms with Crippen molar-refractivity contribution >= 4 is 5.82 Å². The van der Waals surface area contributed by atoms with Crippen molar-refractivity contribution in [1.29, 1.82) is 0 Å². The van der Waals surface area contributed by atoms with E-state index in [4.69, 9.17) is 4.74 Å². The van der Waals surface area contributed by atoms with Crippen LogP contribution in [0.25, 0.3) is 0 Å². The molecule has 5 heteroatoms. The summed E-state index contributed by atoms with van der Waals surface area (Å²) in [5.41, 5.74) is 0.993. The molecule has 1 atom stereocenters. The molecule has 1 aromatic heterocycles. The number of likely N-dealkylation sites (N-methyl/N-ethyl adjacent to an activating group) is 1. The lowest BCUT2D eigenvalue weighted by atomic mass is 10.1. The summed E-state index contributed by atoms with van der Waals surface area (Å²) in [5.74, 6) is 0.803. The molecule has 0 amide bonds. The Bertz CT molecular complexity index is 349. The molecule has 1 unspecified atom stereocenters. The molecule has 1 aliphatic rings. The standard InChI is InChI=1S/C13H22N4O/c1-14-13-8-15-11(7-16-13)9-17(2)10-12-5-3-4-6-18-12/h7-8,12H,3-6,9-10H2,1-2H3,(H,14,16). The van der Waals surface area contributed by atoms with Gasteiger partial charge in [0, 0.05) is 26.7 Å². The number of rotatable bonds is 5. The van der Waals surface area contributed by atoms with E-state index >= 15 is 0 Å². The van der Waals surface area contributed by atoms with Crippen LogP contribution >= 0.6 is 0 Å². The van der Waals surface area contributed by atoms with Crippen LogP contribution in [0.2, 0.25) is 0 Å². The Balaban J connectivity index is 1.80. The van der Waals surface area contributed by atoms with Gasteiger partial charge in [0.05, 0.1) is 24.2 Å². The number of anilines is 1. The number of nitrogens with one attached hydrogen (secondary N) is 1. The van der Waals surface area contributed by atoms with E-state index in [1.807, 2.05) is 13.2 Å². The van der Waals surface area contributed by atoms with Gasteiger partial charge in [0.1, 0.15) is 5.82 Å². The molecule has 1 saturated heterocycles. The van der Waals surface area contributed by atoms with Crippen LogP contribution in [0.15, 0.2) is 12.4 Å². The first-order chi connectivity index (χ1) is 8.78. The molecule has 1 aromatic rings. The van der Waals surface area contributed by atoms with Crippen molar-refractivity contribution in [2.45, 2.75) is 31.9 Å². The summed E-state index contributed by atoms with van der Waals surface area (Å²) in [6.07, 6.45) is 7.64. The zero-order valence-corrected chi connectivity index (χ0v) is 11.2. The van der Waals surface area contributed by atoms with Crippen molar-refractivity contribution in [1.82, 2.24) is 14.9 Å². The van der Waals surface area contributed by atoms with Crippen LogP contribution in [-0.4, -0.2) is 48.2 Å². The Morgan fingerprint density at radius 2 is 2.28 bits per heavy atom. The van der Waals surface area contributed by atoms with Gasteiger partial charge in [-0.05, 0) is 26.3 Å². The van der Waals surface area contributed by atoms with Crippen LogP contribution in [0.4, 0.5) is 5.82 Å². The topological polar surface area (TPSA) is 50.3 Å². The first-order valence-corrected chi connectivity index (χ1v) is 6.57. The molecule has 1 fully saturated rings. The van der Waals surface area contributed by atoms with Crippen molar-refractivity contribution in [2.24, 2.45) is 0 Å². The lowest BCUT2D eigenvalue weighted by Gasteiger charge is -2.27. The number of ether oxygens (including phenoxy) is 1. The lowest BCUT2D eigenvalue weighted by molar-refractivity contribution is -0.00275. The molecule has 5 nitrogen and oxygen atoms in total. The summed E-state index contributed by atoms with van der Waals surface area (Å²) in [5, 5.41) is 2.97. The molecular weight excluding hydrogens is 228 g/mol. The molecule has 0 radical (unpaired) electrons. The maximum absolute atomic E-state index is 5.74. The maximum atomic E-state index is 5.74. The Kier molecular flexibility index (Phi) is 4.90. The SMILES string of the molecule is CNc1cnc(CN(C)CC2CCCCO2)cn1. The molecule has 0 aliphatic carbocycles. The smallest absolute Gasteiger partial charge is 0.144 e. The number of aromatic nitrogens is 2. The first kappa shape index (κ1) is 13.2. The second-order valence-electron chi connectivity index (χ2n) is 4.83. The Morgan fingerprint density at radius 3 is 2.89 bits per heavy atom. The zero-order chi connectivity index (χ0) is 12.8. The highest BCUT2D eigenvalue weighted by atomic mass is 16.5. The van der Waals surface area contributed by atoms with Crippen molar-refractivity contribution in [2.75, 3.05) is 32.6 Å². The third-order valence-corrected chi connectivity index (χ3v) is 3.18. The largest absolute Gasteiger partial charge is 0.377 e. The highest BCUT2D eigenvalue weighted by Gasteiger charge is 2.16. The van der Waals surface area contributed by atoms with E-state index in [0.29, 0.717) is 6.10 Å². The predicted octanol–water partition coefficient (Wildman–Crippen LogP) is 1.52. The van der Waals surface area contributed by atoms with E-state index in [1.54, 1.807) is 6.20 Å². The van der Waals surface area contributed by atoms with Gasteiger partial charge in [0.2, 0.25) is 0 Å². The molecule has 0 saturated carbocycles. The van der Waals surface area contributed by atoms with E-state index in [-0.39, 0.29) is 0 Å². The highest BCUT2D eigenvalue weighted by molar-refractivity contribution is 5.29.